The minimum atomic E-state index is -2.18. The number of aliphatic hydroxyl groups is 2. The zero-order valence-corrected chi connectivity index (χ0v) is 24.8. The van der Waals surface area contributed by atoms with Crippen LogP contribution in [0.1, 0.15) is 34.1 Å². The fraction of sp³-hybridized carbons (Fsp3) is 0.704. The number of ether oxygens (including phenoxy) is 4. The topological polar surface area (TPSA) is 77.4 Å². The molecule has 2 fully saturated rings. The third-order valence-corrected chi connectivity index (χ3v) is 10.9. The lowest BCUT2D eigenvalue weighted by molar-refractivity contribution is -0.205. The van der Waals surface area contributed by atoms with Crippen LogP contribution in [0.3, 0.4) is 0 Å². The summed E-state index contributed by atoms with van der Waals surface area (Å²) in [7, 11) is -3.77. The highest BCUT2D eigenvalue weighted by Gasteiger charge is 2.63. The van der Waals surface area contributed by atoms with Crippen molar-refractivity contribution in [3.8, 4) is 11.5 Å². The van der Waals surface area contributed by atoms with Gasteiger partial charge in [-0.15, -0.1) is 11.5 Å². The van der Waals surface area contributed by atoms with Crippen LogP contribution < -0.4 is 5.19 Å². The van der Waals surface area contributed by atoms with Crippen LogP contribution in [0.25, 0.3) is 0 Å². The number of aliphatic hydroxyl groups excluding tert-OH is 2. The summed E-state index contributed by atoms with van der Waals surface area (Å²) in [5.41, 5.74) is 2.14. The van der Waals surface area contributed by atoms with Gasteiger partial charge in [-0.05, 0) is 33.7 Å². The number of hydrogen-bond acceptors (Lipinski definition) is 6. The monoisotopic (exact) mass is 520 g/mol. The Balaban J connectivity index is 2.04. The lowest BCUT2D eigenvalue weighted by atomic mass is 9.85. The van der Waals surface area contributed by atoms with Crippen molar-refractivity contribution in [3.05, 3.63) is 30.3 Å². The molecular weight excluding hydrogens is 476 g/mol. The van der Waals surface area contributed by atoms with Crippen molar-refractivity contribution in [3.63, 3.8) is 0 Å². The Labute approximate surface area is 213 Å². The van der Waals surface area contributed by atoms with Gasteiger partial charge in [0.05, 0.1) is 20.8 Å². The largest absolute Gasteiger partial charge is 0.389 e. The van der Waals surface area contributed by atoms with E-state index in [-0.39, 0.29) is 13.0 Å². The zero-order chi connectivity index (χ0) is 26.3. The summed E-state index contributed by atoms with van der Waals surface area (Å²) < 4.78 is 24.9. The van der Waals surface area contributed by atoms with Gasteiger partial charge in [-0.25, -0.2) is 0 Å². The molecule has 2 N–H and O–H groups in total. The average Bonchev–Trinajstić information content (AvgIpc) is 3.22. The van der Waals surface area contributed by atoms with Gasteiger partial charge < -0.3 is 29.2 Å². The molecule has 2 aliphatic rings. The van der Waals surface area contributed by atoms with Crippen molar-refractivity contribution in [2.75, 3.05) is 6.61 Å². The predicted molar refractivity (Wildman–Crippen MR) is 144 cm³/mol. The molecule has 196 valence electrons. The van der Waals surface area contributed by atoms with Crippen LogP contribution in [0.15, 0.2) is 30.3 Å². The normalized spacial score (nSPS) is 29.9. The van der Waals surface area contributed by atoms with Gasteiger partial charge in [-0.2, -0.15) is 0 Å². The van der Waals surface area contributed by atoms with Crippen molar-refractivity contribution in [1.82, 2.24) is 0 Å². The van der Waals surface area contributed by atoms with E-state index in [2.05, 4.69) is 56.3 Å². The first-order valence-corrected chi connectivity index (χ1v) is 19.3. The lowest BCUT2D eigenvalue weighted by Crippen LogP contribution is -2.63. The van der Waals surface area contributed by atoms with E-state index in [1.54, 1.807) is 0 Å². The zero-order valence-electron chi connectivity index (χ0n) is 22.8. The molecule has 0 spiro atoms. The second kappa shape index (κ2) is 10.0. The molecular formula is C27H44O6Si2. The fourth-order valence-corrected chi connectivity index (χ4v) is 9.01. The van der Waals surface area contributed by atoms with Gasteiger partial charge in [-0.1, -0.05) is 68.3 Å². The highest BCUT2D eigenvalue weighted by molar-refractivity contribution is 6.90. The maximum Gasteiger partial charge on any atom is 0.164 e. The first kappa shape index (κ1) is 28.5. The van der Waals surface area contributed by atoms with Gasteiger partial charge in [0.1, 0.15) is 32.0 Å². The summed E-state index contributed by atoms with van der Waals surface area (Å²) >= 11 is 0. The minimum absolute atomic E-state index is 0.241. The molecule has 0 bridgehead atoms. The molecule has 5 atom stereocenters. The summed E-state index contributed by atoms with van der Waals surface area (Å²) in [5, 5.41) is 24.6. The van der Waals surface area contributed by atoms with Crippen LogP contribution in [0.2, 0.25) is 38.8 Å². The summed E-state index contributed by atoms with van der Waals surface area (Å²) in [6.45, 7) is 18.6. The molecule has 6 nitrogen and oxygen atoms in total. The highest BCUT2D eigenvalue weighted by atomic mass is 28.3. The summed E-state index contributed by atoms with van der Waals surface area (Å²) in [5.74, 6) is 1.39. The smallest absolute Gasteiger partial charge is 0.164 e. The molecule has 0 saturated carbocycles. The molecule has 0 radical (unpaired) electrons. The van der Waals surface area contributed by atoms with Crippen molar-refractivity contribution in [1.29, 1.82) is 0 Å². The van der Waals surface area contributed by atoms with E-state index in [1.807, 2.05) is 45.9 Å². The molecule has 3 rings (SSSR count). The molecule has 8 heteroatoms. The Kier molecular flexibility index (Phi) is 8.18. The molecule has 2 aliphatic heterocycles. The third-order valence-electron chi connectivity index (χ3n) is 6.61. The van der Waals surface area contributed by atoms with Crippen molar-refractivity contribution < 1.29 is 29.2 Å². The molecule has 2 saturated heterocycles. The Morgan fingerprint density at radius 2 is 1.60 bits per heavy atom. The van der Waals surface area contributed by atoms with Gasteiger partial charge >= 0.3 is 0 Å². The average molecular weight is 521 g/mol. The molecule has 0 aromatic heterocycles. The summed E-state index contributed by atoms with van der Waals surface area (Å²) in [6, 6.07) is 10.9. The van der Waals surface area contributed by atoms with Crippen LogP contribution >= 0.6 is 0 Å². The second-order valence-corrected chi connectivity index (χ2v) is 22.0. The molecule has 0 amide bonds. The van der Waals surface area contributed by atoms with Crippen LogP contribution in [-0.4, -0.2) is 74.6 Å². The summed E-state index contributed by atoms with van der Waals surface area (Å²) in [6.07, 6.45) is -3.11. The predicted octanol–water partition coefficient (Wildman–Crippen LogP) is 3.64. The fourth-order valence-electron chi connectivity index (χ4n) is 5.21. The first-order chi connectivity index (χ1) is 16.0. The van der Waals surface area contributed by atoms with E-state index in [0.717, 1.165) is 0 Å². The molecule has 0 aliphatic carbocycles. The van der Waals surface area contributed by atoms with Crippen LogP contribution in [0, 0.1) is 11.5 Å². The molecule has 1 aromatic rings. The quantitative estimate of drug-likeness (QED) is 0.422. The van der Waals surface area contributed by atoms with Gasteiger partial charge in [0.2, 0.25) is 0 Å². The van der Waals surface area contributed by atoms with E-state index in [1.165, 1.54) is 5.19 Å². The minimum Gasteiger partial charge on any atom is -0.389 e. The maximum atomic E-state index is 11.9. The Hall–Kier alpha value is -1.03. The van der Waals surface area contributed by atoms with Crippen molar-refractivity contribution in [2.24, 2.45) is 0 Å². The maximum absolute atomic E-state index is 11.9. The SMILES string of the molecule is CC1(C)OC[C@H]([C@@H](O)[C@@]2(C[Si](C)(C)c3ccccc3)OC(C)(C)O[C@H]2[C@@H](O)CC#C[Si](C)(C)C)O1. The Morgan fingerprint density at radius 3 is 2.14 bits per heavy atom. The van der Waals surface area contributed by atoms with E-state index in [4.69, 9.17) is 18.9 Å². The second-order valence-electron chi connectivity index (χ2n) is 12.6. The standard InChI is InChI=1S/C27H44O6Si2/c1-25(2)30-18-22(31-25)23(29)27(19-35(8,9)20-14-11-10-12-15-20)24(32-26(3,4)33-27)21(28)16-13-17-34(5,6)7/h10-12,14-15,21-24,28-29H,16,18-19H2,1-9H3/t21-,22+,23+,24-,27+/m0/s1. The number of rotatable bonds is 7. The molecule has 0 unspecified atom stereocenters. The van der Waals surface area contributed by atoms with E-state index in [0.29, 0.717) is 6.04 Å². The first-order valence-electron chi connectivity index (χ1n) is 12.6. The van der Waals surface area contributed by atoms with Gasteiger partial charge in [0, 0.05) is 6.42 Å². The molecule has 2 heterocycles. The molecule has 1 aromatic carbocycles. The van der Waals surface area contributed by atoms with E-state index in [9.17, 15) is 10.2 Å². The van der Waals surface area contributed by atoms with E-state index < -0.39 is 57.7 Å². The van der Waals surface area contributed by atoms with Crippen LogP contribution in [0.4, 0.5) is 0 Å². The Morgan fingerprint density at radius 1 is 0.971 bits per heavy atom. The highest BCUT2D eigenvalue weighted by Crippen LogP contribution is 2.47. The van der Waals surface area contributed by atoms with Gasteiger partial charge in [0.25, 0.3) is 0 Å². The Bertz CT molecular complexity index is 930. The number of benzene rings is 1. The van der Waals surface area contributed by atoms with Crippen LogP contribution in [-0.2, 0) is 18.9 Å². The van der Waals surface area contributed by atoms with Gasteiger partial charge in [0.15, 0.2) is 11.6 Å². The van der Waals surface area contributed by atoms with E-state index >= 15 is 0 Å². The van der Waals surface area contributed by atoms with Crippen LogP contribution in [0.5, 0.6) is 0 Å². The number of hydrogen-bond donors (Lipinski definition) is 2. The molecule has 35 heavy (non-hydrogen) atoms. The third kappa shape index (κ3) is 6.85. The lowest BCUT2D eigenvalue weighted by Gasteiger charge is -2.44. The van der Waals surface area contributed by atoms with Crippen molar-refractivity contribution in [2.45, 2.75) is 114 Å². The van der Waals surface area contributed by atoms with Gasteiger partial charge in [-0.3, -0.25) is 0 Å². The summed E-state index contributed by atoms with van der Waals surface area (Å²) in [4.78, 5) is 0. The van der Waals surface area contributed by atoms with Crippen molar-refractivity contribution >= 4 is 21.3 Å².